The van der Waals surface area contributed by atoms with E-state index in [1.807, 2.05) is 6.92 Å². The number of carbonyl (C=O) groups excluding carboxylic acids is 1. The van der Waals surface area contributed by atoms with Crippen molar-refractivity contribution in [2.24, 2.45) is 0 Å². The van der Waals surface area contributed by atoms with Gasteiger partial charge in [0.25, 0.3) is 10.0 Å². The number of anilines is 1. The minimum absolute atomic E-state index is 0.162. The fourth-order valence-electron chi connectivity index (χ4n) is 2.26. The number of benzene rings is 2. The number of halogens is 1. The molecule has 0 heterocycles. The second kappa shape index (κ2) is 7.23. The van der Waals surface area contributed by atoms with E-state index in [-0.39, 0.29) is 27.7 Å². The first kappa shape index (κ1) is 18.3. The minimum atomic E-state index is -3.80. The standard InChI is InChI=1S/C17H18ClNO4S/c1-4-19(24(21,22)14-8-5-12(2)6-9-14)16-11-13(17(20)23-3)7-10-15(16)18/h5-11H,4H2,1-3H3. The molecule has 2 aromatic carbocycles. The number of aryl methyl sites for hydroxylation is 1. The summed E-state index contributed by atoms with van der Waals surface area (Å²) in [6, 6.07) is 10.9. The van der Waals surface area contributed by atoms with Crippen molar-refractivity contribution in [3.05, 3.63) is 58.6 Å². The molecule has 0 N–H and O–H groups in total. The molecule has 0 aliphatic rings. The summed E-state index contributed by atoms with van der Waals surface area (Å²) in [7, 11) is -2.53. The molecule has 2 aromatic rings. The molecule has 7 heteroatoms. The molecular formula is C17H18ClNO4S. The maximum absolute atomic E-state index is 12.9. The van der Waals surface area contributed by atoms with Gasteiger partial charge in [0.05, 0.1) is 28.3 Å². The lowest BCUT2D eigenvalue weighted by Crippen LogP contribution is -2.31. The number of methoxy groups -OCH3 is 1. The van der Waals surface area contributed by atoms with Crippen LogP contribution >= 0.6 is 11.6 Å². The molecule has 0 fully saturated rings. The summed E-state index contributed by atoms with van der Waals surface area (Å²) >= 11 is 6.18. The van der Waals surface area contributed by atoms with Crippen LogP contribution in [0.3, 0.4) is 0 Å². The molecule has 0 aliphatic heterocycles. The van der Waals surface area contributed by atoms with E-state index in [2.05, 4.69) is 4.74 Å². The zero-order valence-electron chi connectivity index (χ0n) is 13.6. The number of hydrogen-bond donors (Lipinski definition) is 0. The number of carbonyl (C=O) groups is 1. The first-order valence-electron chi connectivity index (χ1n) is 7.28. The van der Waals surface area contributed by atoms with Crippen LogP contribution in [0, 0.1) is 6.92 Å². The van der Waals surface area contributed by atoms with Gasteiger partial charge in [-0.05, 0) is 44.2 Å². The van der Waals surface area contributed by atoms with Crippen LogP contribution in [0.2, 0.25) is 5.02 Å². The number of nitrogens with zero attached hydrogens (tertiary/aromatic N) is 1. The molecule has 0 aromatic heterocycles. The second-order valence-electron chi connectivity index (χ2n) is 5.14. The maximum atomic E-state index is 12.9. The zero-order chi connectivity index (χ0) is 17.9. The third-order valence-corrected chi connectivity index (χ3v) is 5.75. The van der Waals surface area contributed by atoms with Crippen molar-refractivity contribution in [3.63, 3.8) is 0 Å². The highest BCUT2D eigenvalue weighted by atomic mass is 35.5. The van der Waals surface area contributed by atoms with Crippen LogP contribution in [-0.2, 0) is 14.8 Å². The van der Waals surface area contributed by atoms with Crippen LogP contribution in [-0.4, -0.2) is 28.0 Å². The summed E-state index contributed by atoms with van der Waals surface area (Å²) in [5, 5.41) is 0.236. The predicted octanol–water partition coefficient (Wildman–Crippen LogP) is 3.65. The Hall–Kier alpha value is -2.05. The van der Waals surface area contributed by atoms with Crippen molar-refractivity contribution in [1.29, 1.82) is 0 Å². The van der Waals surface area contributed by atoms with Crippen LogP contribution in [0.5, 0.6) is 0 Å². The van der Waals surface area contributed by atoms with Gasteiger partial charge in [0.15, 0.2) is 0 Å². The van der Waals surface area contributed by atoms with Gasteiger partial charge in [-0.3, -0.25) is 4.31 Å². The number of esters is 1. The molecule has 128 valence electrons. The number of hydrogen-bond acceptors (Lipinski definition) is 4. The van der Waals surface area contributed by atoms with Gasteiger partial charge in [0.1, 0.15) is 0 Å². The van der Waals surface area contributed by atoms with Crippen LogP contribution in [0.1, 0.15) is 22.8 Å². The summed E-state index contributed by atoms with van der Waals surface area (Å²) in [5.74, 6) is -0.559. The van der Waals surface area contributed by atoms with Crippen molar-refractivity contribution in [2.75, 3.05) is 18.0 Å². The Balaban J connectivity index is 2.55. The molecule has 2 rings (SSSR count). The van der Waals surface area contributed by atoms with Crippen LogP contribution < -0.4 is 4.31 Å². The van der Waals surface area contributed by atoms with E-state index in [4.69, 9.17) is 11.6 Å². The van der Waals surface area contributed by atoms with E-state index in [1.165, 1.54) is 29.6 Å². The Labute approximate surface area is 146 Å². The molecule has 0 saturated carbocycles. The highest BCUT2D eigenvalue weighted by molar-refractivity contribution is 7.92. The second-order valence-corrected chi connectivity index (χ2v) is 7.41. The van der Waals surface area contributed by atoms with Gasteiger partial charge < -0.3 is 4.74 Å². The monoisotopic (exact) mass is 367 g/mol. The lowest BCUT2D eigenvalue weighted by Gasteiger charge is -2.24. The summed E-state index contributed by atoms with van der Waals surface area (Å²) < 4.78 is 31.7. The highest BCUT2D eigenvalue weighted by Crippen LogP contribution is 2.31. The molecule has 5 nitrogen and oxygen atoms in total. The van der Waals surface area contributed by atoms with Crippen LogP contribution in [0.4, 0.5) is 5.69 Å². The molecule has 0 spiro atoms. The van der Waals surface area contributed by atoms with Crippen LogP contribution in [0.15, 0.2) is 47.4 Å². The lowest BCUT2D eigenvalue weighted by molar-refractivity contribution is 0.0600. The summed E-state index contributed by atoms with van der Waals surface area (Å²) in [4.78, 5) is 11.9. The fraction of sp³-hybridized carbons (Fsp3) is 0.235. The normalized spacial score (nSPS) is 11.2. The molecule has 0 bridgehead atoms. The molecule has 0 unspecified atom stereocenters. The predicted molar refractivity (Wildman–Crippen MR) is 94.2 cm³/mol. The first-order chi connectivity index (χ1) is 11.3. The van der Waals surface area contributed by atoms with Crippen molar-refractivity contribution >= 4 is 33.3 Å². The topological polar surface area (TPSA) is 63.7 Å². The Morgan fingerprint density at radius 3 is 2.33 bits per heavy atom. The first-order valence-corrected chi connectivity index (χ1v) is 9.10. The van der Waals surface area contributed by atoms with Crippen molar-refractivity contribution in [1.82, 2.24) is 0 Å². The summed E-state index contributed by atoms with van der Waals surface area (Å²) in [5.41, 5.74) is 1.43. The number of rotatable bonds is 5. The maximum Gasteiger partial charge on any atom is 0.337 e. The largest absolute Gasteiger partial charge is 0.465 e. The molecule has 24 heavy (non-hydrogen) atoms. The SMILES string of the molecule is CCN(c1cc(C(=O)OC)ccc1Cl)S(=O)(=O)c1ccc(C)cc1. The third-order valence-electron chi connectivity index (χ3n) is 3.53. The van der Waals surface area contributed by atoms with Crippen molar-refractivity contribution in [2.45, 2.75) is 18.7 Å². The Kier molecular flexibility index (Phi) is 5.51. The van der Waals surface area contributed by atoms with E-state index in [0.29, 0.717) is 0 Å². The van der Waals surface area contributed by atoms with Gasteiger partial charge in [-0.2, -0.15) is 0 Å². The molecule has 0 aliphatic carbocycles. The quantitative estimate of drug-likeness (QED) is 0.757. The van der Waals surface area contributed by atoms with E-state index < -0.39 is 16.0 Å². The number of ether oxygens (including phenoxy) is 1. The van der Waals surface area contributed by atoms with Crippen LogP contribution in [0.25, 0.3) is 0 Å². The molecule has 0 radical (unpaired) electrons. The Morgan fingerprint density at radius 2 is 1.79 bits per heavy atom. The highest BCUT2D eigenvalue weighted by Gasteiger charge is 2.26. The van der Waals surface area contributed by atoms with E-state index in [1.54, 1.807) is 31.2 Å². The van der Waals surface area contributed by atoms with E-state index >= 15 is 0 Å². The summed E-state index contributed by atoms with van der Waals surface area (Å²) in [6.07, 6.45) is 0. The molecule has 0 saturated heterocycles. The summed E-state index contributed by atoms with van der Waals surface area (Å²) in [6.45, 7) is 3.75. The lowest BCUT2D eigenvalue weighted by atomic mass is 10.2. The smallest absolute Gasteiger partial charge is 0.337 e. The Morgan fingerprint density at radius 1 is 1.17 bits per heavy atom. The third kappa shape index (κ3) is 3.55. The zero-order valence-corrected chi connectivity index (χ0v) is 15.2. The van der Waals surface area contributed by atoms with Crippen molar-refractivity contribution in [3.8, 4) is 0 Å². The van der Waals surface area contributed by atoms with Crippen molar-refractivity contribution < 1.29 is 17.9 Å². The molecule has 0 atom stereocenters. The van der Waals surface area contributed by atoms with Gasteiger partial charge in [-0.25, -0.2) is 13.2 Å². The number of sulfonamides is 1. The van der Waals surface area contributed by atoms with Gasteiger partial charge >= 0.3 is 5.97 Å². The fourth-order valence-corrected chi connectivity index (χ4v) is 4.01. The minimum Gasteiger partial charge on any atom is -0.465 e. The van der Waals surface area contributed by atoms with Gasteiger partial charge in [-0.1, -0.05) is 29.3 Å². The van der Waals surface area contributed by atoms with E-state index in [0.717, 1.165) is 5.56 Å². The Bertz CT molecular complexity index is 847. The van der Waals surface area contributed by atoms with Gasteiger partial charge in [0.2, 0.25) is 0 Å². The van der Waals surface area contributed by atoms with Gasteiger partial charge in [-0.15, -0.1) is 0 Å². The average molecular weight is 368 g/mol. The van der Waals surface area contributed by atoms with E-state index in [9.17, 15) is 13.2 Å². The van der Waals surface area contributed by atoms with Gasteiger partial charge in [0, 0.05) is 6.54 Å². The average Bonchev–Trinajstić information content (AvgIpc) is 2.56. The molecule has 0 amide bonds. The molecular weight excluding hydrogens is 350 g/mol.